The standard InChI is InChI=1S/C20H21FN2O5/c21-16-5-7-17(8-6-16)27-13-14-28-20(24)15-9-11-22(12-10-15)18-3-1-2-4-19(18)23(25)26/h1-8,15H,9-14H2. The molecule has 0 saturated carbocycles. The summed E-state index contributed by atoms with van der Waals surface area (Å²) >= 11 is 0. The lowest BCUT2D eigenvalue weighted by Crippen LogP contribution is -2.37. The van der Waals surface area contributed by atoms with Crippen LogP contribution in [0.5, 0.6) is 5.75 Å². The summed E-state index contributed by atoms with van der Waals surface area (Å²) in [6.45, 7) is 1.40. The molecule has 7 nitrogen and oxygen atoms in total. The number of piperidine rings is 1. The molecular formula is C20H21FN2O5. The van der Waals surface area contributed by atoms with Crippen molar-refractivity contribution in [1.29, 1.82) is 0 Å². The highest BCUT2D eigenvalue weighted by molar-refractivity contribution is 5.73. The summed E-state index contributed by atoms with van der Waals surface area (Å²) in [5.41, 5.74) is 0.647. The second-order valence-electron chi connectivity index (χ2n) is 6.48. The van der Waals surface area contributed by atoms with Crippen LogP contribution in [0.4, 0.5) is 15.8 Å². The maximum absolute atomic E-state index is 12.8. The highest BCUT2D eigenvalue weighted by Gasteiger charge is 2.28. The Labute approximate surface area is 161 Å². The molecule has 3 rings (SSSR count). The third kappa shape index (κ3) is 4.97. The topological polar surface area (TPSA) is 81.9 Å². The summed E-state index contributed by atoms with van der Waals surface area (Å²) in [5.74, 6) is -0.351. The zero-order valence-electron chi connectivity index (χ0n) is 15.3. The number of nitro benzene ring substituents is 1. The maximum atomic E-state index is 12.8. The van der Waals surface area contributed by atoms with E-state index in [0.717, 1.165) is 0 Å². The fraction of sp³-hybridized carbons (Fsp3) is 0.350. The van der Waals surface area contributed by atoms with Gasteiger partial charge in [-0.15, -0.1) is 0 Å². The van der Waals surface area contributed by atoms with Gasteiger partial charge in [-0.2, -0.15) is 0 Å². The van der Waals surface area contributed by atoms with Crippen molar-refractivity contribution in [2.75, 3.05) is 31.2 Å². The third-order valence-electron chi connectivity index (χ3n) is 4.66. The number of para-hydroxylation sites is 2. The quantitative estimate of drug-likeness (QED) is 0.312. The highest BCUT2D eigenvalue weighted by Crippen LogP contribution is 2.31. The minimum Gasteiger partial charge on any atom is -0.490 e. The van der Waals surface area contributed by atoms with Crippen LogP contribution < -0.4 is 9.64 Å². The summed E-state index contributed by atoms with van der Waals surface area (Å²) < 4.78 is 23.5. The van der Waals surface area contributed by atoms with Gasteiger partial charge in [0.1, 0.15) is 30.5 Å². The van der Waals surface area contributed by atoms with Gasteiger partial charge < -0.3 is 14.4 Å². The first kappa shape index (κ1) is 19.6. The van der Waals surface area contributed by atoms with Crippen LogP contribution in [0.3, 0.4) is 0 Å². The van der Waals surface area contributed by atoms with E-state index in [1.165, 1.54) is 30.3 Å². The maximum Gasteiger partial charge on any atom is 0.309 e. The number of halogens is 1. The van der Waals surface area contributed by atoms with E-state index < -0.39 is 4.92 Å². The molecule has 0 aliphatic carbocycles. The minimum absolute atomic E-state index is 0.0708. The largest absolute Gasteiger partial charge is 0.490 e. The SMILES string of the molecule is O=C(OCCOc1ccc(F)cc1)C1CCN(c2ccccc2[N+](=O)[O-])CC1. The lowest BCUT2D eigenvalue weighted by atomic mass is 9.96. The van der Waals surface area contributed by atoms with E-state index in [2.05, 4.69) is 0 Å². The Morgan fingerprint density at radius 3 is 2.46 bits per heavy atom. The van der Waals surface area contributed by atoms with Crippen LogP contribution >= 0.6 is 0 Å². The van der Waals surface area contributed by atoms with Crippen molar-refractivity contribution in [2.45, 2.75) is 12.8 Å². The average Bonchev–Trinajstić information content (AvgIpc) is 2.72. The molecule has 1 heterocycles. The van der Waals surface area contributed by atoms with E-state index in [1.807, 2.05) is 4.90 Å². The molecule has 0 spiro atoms. The van der Waals surface area contributed by atoms with Gasteiger partial charge in [-0.1, -0.05) is 12.1 Å². The molecule has 0 unspecified atom stereocenters. The van der Waals surface area contributed by atoms with Gasteiger partial charge in [-0.05, 0) is 43.2 Å². The first-order valence-corrected chi connectivity index (χ1v) is 9.08. The molecule has 0 atom stereocenters. The lowest BCUT2D eigenvalue weighted by Gasteiger charge is -2.32. The first-order valence-electron chi connectivity index (χ1n) is 9.08. The molecule has 1 saturated heterocycles. The highest BCUT2D eigenvalue weighted by atomic mass is 19.1. The minimum atomic E-state index is -0.392. The van der Waals surface area contributed by atoms with Crippen LogP contribution in [-0.4, -0.2) is 37.2 Å². The Bertz CT molecular complexity index is 820. The second-order valence-corrected chi connectivity index (χ2v) is 6.48. The number of hydrogen-bond acceptors (Lipinski definition) is 6. The van der Waals surface area contributed by atoms with Crippen LogP contribution in [0.15, 0.2) is 48.5 Å². The third-order valence-corrected chi connectivity index (χ3v) is 4.66. The van der Waals surface area contributed by atoms with E-state index in [9.17, 15) is 19.3 Å². The van der Waals surface area contributed by atoms with Gasteiger partial charge >= 0.3 is 5.97 Å². The van der Waals surface area contributed by atoms with Crippen molar-refractivity contribution >= 4 is 17.3 Å². The Morgan fingerprint density at radius 2 is 1.79 bits per heavy atom. The van der Waals surface area contributed by atoms with Gasteiger partial charge in [-0.25, -0.2) is 4.39 Å². The second kappa shape index (κ2) is 9.16. The smallest absolute Gasteiger partial charge is 0.309 e. The van der Waals surface area contributed by atoms with Crippen LogP contribution in [0.1, 0.15) is 12.8 Å². The molecule has 0 amide bonds. The number of hydrogen-bond donors (Lipinski definition) is 0. The summed E-state index contributed by atoms with van der Waals surface area (Å²) in [7, 11) is 0. The van der Waals surface area contributed by atoms with Crippen molar-refractivity contribution in [1.82, 2.24) is 0 Å². The summed E-state index contributed by atoms with van der Waals surface area (Å²) in [4.78, 5) is 24.9. The molecule has 0 bridgehead atoms. The first-order chi connectivity index (χ1) is 13.5. The number of esters is 1. The van der Waals surface area contributed by atoms with Gasteiger partial charge in [0, 0.05) is 19.2 Å². The molecule has 1 fully saturated rings. The predicted octanol–water partition coefficient (Wildman–Crippen LogP) is 3.57. The fourth-order valence-corrected chi connectivity index (χ4v) is 3.19. The molecule has 2 aromatic rings. The Kier molecular flexibility index (Phi) is 6.41. The summed E-state index contributed by atoms with van der Waals surface area (Å²) in [5, 5.41) is 11.2. The zero-order valence-corrected chi connectivity index (χ0v) is 15.3. The van der Waals surface area contributed by atoms with E-state index in [4.69, 9.17) is 9.47 Å². The van der Waals surface area contributed by atoms with Crippen LogP contribution in [0.2, 0.25) is 0 Å². The molecular weight excluding hydrogens is 367 g/mol. The van der Waals surface area contributed by atoms with E-state index in [1.54, 1.807) is 18.2 Å². The summed E-state index contributed by atoms with van der Waals surface area (Å²) in [6.07, 6.45) is 1.15. The molecule has 8 heteroatoms. The number of ether oxygens (including phenoxy) is 2. The van der Waals surface area contributed by atoms with Gasteiger partial charge in [0.25, 0.3) is 5.69 Å². The monoisotopic (exact) mass is 388 g/mol. The Morgan fingerprint density at radius 1 is 1.11 bits per heavy atom. The molecule has 0 N–H and O–H groups in total. The van der Waals surface area contributed by atoms with Crippen LogP contribution in [0, 0.1) is 21.8 Å². The van der Waals surface area contributed by atoms with Crippen molar-refractivity contribution in [3.05, 3.63) is 64.5 Å². The number of carbonyl (C=O) groups excluding carboxylic acids is 1. The fourth-order valence-electron chi connectivity index (χ4n) is 3.19. The number of nitrogens with zero attached hydrogens (tertiary/aromatic N) is 2. The molecule has 1 aliphatic rings. The van der Waals surface area contributed by atoms with E-state index in [-0.39, 0.29) is 36.6 Å². The van der Waals surface area contributed by atoms with Gasteiger partial charge in [0.05, 0.1) is 10.8 Å². The van der Waals surface area contributed by atoms with Crippen molar-refractivity contribution in [3.8, 4) is 5.75 Å². The van der Waals surface area contributed by atoms with Crippen molar-refractivity contribution in [2.24, 2.45) is 5.92 Å². The predicted molar refractivity (Wildman–Crippen MR) is 101 cm³/mol. The molecule has 28 heavy (non-hydrogen) atoms. The van der Waals surface area contributed by atoms with E-state index in [0.29, 0.717) is 37.4 Å². The van der Waals surface area contributed by atoms with E-state index >= 15 is 0 Å². The average molecular weight is 388 g/mol. The molecule has 0 radical (unpaired) electrons. The van der Waals surface area contributed by atoms with Gasteiger partial charge in [0.15, 0.2) is 0 Å². The molecule has 0 aromatic heterocycles. The van der Waals surface area contributed by atoms with Gasteiger partial charge in [-0.3, -0.25) is 14.9 Å². The normalized spacial score (nSPS) is 14.5. The number of carbonyl (C=O) groups is 1. The zero-order chi connectivity index (χ0) is 19.9. The number of anilines is 1. The molecule has 148 valence electrons. The van der Waals surface area contributed by atoms with Gasteiger partial charge in [0.2, 0.25) is 0 Å². The van der Waals surface area contributed by atoms with Crippen molar-refractivity contribution in [3.63, 3.8) is 0 Å². The van der Waals surface area contributed by atoms with Crippen LogP contribution in [0.25, 0.3) is 0 Å². The molecule has 2 aromatic carbocycles. The van der Waals surface area contributed by atoms with Crippen LogP contribution in [-0.2, 0) is 9.53 Å². The summed E-state index contributed by atoms with van der Waals surface area (Å²) in [6, 6.07) is 12.2. The molecule has 1 aliphatic heterocycles. The number of nitro groups is 1. The number of rotatable bonds is 7. The number of benzene rings is 2. The lowest BCUT2D eigenvalue weighted by molar-refractivity contribution is -0.384. The van der Waals surface area contributed by atoms with Crippen molar-refractivity contribution < 1.29 is 23.6 Å². The Balaban J connectivity index is 1.42. The Hall–Kier alpha value is -3.16.